The van der Waals surface area contributed by atoms with Gasteiger partial charge in [0.25, 0.3) is 0 Å². The second-order valence-corrected chi connectivity index (χ2v) is 23.1. The minimum atomic E-state index is -2.33. The topological polar surface area (TPSA) is 238 Å². The molecule has 1 saturated heterocycles. The van der Waals surface area contributed by atoms with Crippen molar-refractivity contribution in [1.29, 1.82) is 0 Å². The first-order chi connectivity index (χ1) is 34.5. The number of carbonyl (C=O) groups is 7. The highest BCUT2D eigenvalue weighted by Crippen LogP contribution is 2.74. The Morgan fingerprint density at radius 2 is 1.61 bits per heavy atom. The van der Waals surface area contributed by atoms with Gasteiger partial charge < -0.3 is 53.6 Å². The fourth-order valence-corrected chi connectivity index (χ4v) is 12.9. The summed E-state index contributed by atoms with van der Waals surface area (Å²) >= 11 is 0. The van der Waals surface area contributed by atoms with Gasteiger partial charge in [0.15, 0.2) is 17.5 Å². The van der Waals surface area contributed by atoms with E-state index in [1.807, 2.05) is 0 Å². The van der Waals surface area contributed by atoms with E-state index < -0.39 is 124 Å². The standard InChI is InChI=1S/C52H66N2O16S2/c1-10-53-21-23-71-72-24-22-63-47(61)67-40(38(32-17-13-11-14-18-32)54-46(60)70-48(5,6)7)45(59)66-35-27-52(62)43(68-44(58)33-19-15-12-16-20-33)41-50(26-34(50)25-36-51(41,28-64-36)69-31(4)56)42(57)39(65-30(3)55)37(29(35)2)49(52,8)9/h11-20,34-36,38-41,43,53,62H,10,21-28H2,1-9H3,(H,54,60)/t34-,35?,36-,38+,39-,40-,41+,43+,50-,51+,52-/m1/s1/i1T. The molecule has 11 atom stereocenters. The van der Waals surface area contributed by atoms with Crippen LogP contribution in [0.25, 0.3) is 0 Å². The molecule has 7 rings (SSSR count). The van der Waals surface area contributed by atoms with Crippen LogP contribution in [-0.4, -0.2) is 132 Å². The molecule has 1 aliphatic heterocycles. The lowest BCUT2D eigenvalue weighted by Gasteiger charge is -2.64. The lowest BCUT2D eigenvalue weighted by atomic mass is 9.48. The minimum absolute atomic E-state index is 0.0814. The number of amides is 1. The van der Waals surface area contributed by atoms with Gasteiger partial charge in [-0.2, -0.15) is 0 Å². The summed E-state index contributed by atoms with van der Waals surface area (Å²) in [7, 11) is 2.97. The van der Waals surface area contributed by atoms with E-state index >= 15 is 9.59 Å². The van der Waals surface area contributed by atoms with Crippen LogP contribution in [0.1, 0.15) is 105 Å². The number of aliphatic hydroxyl groups is 1. The SMILES string of the molecule is [3H]CCNCCSSCCOC(=O)O[C@@H](C(=O)OC1C[C@@]2(O)[C@@H](OC(=O)c3ccccc3)[C@@H]3[C@]4(OC(C)=O)CO[C@@H]4C[C@@H]4C[C@@]43C(=O)[C@H](OC(C)=O)C(=C1C)C2(C)C)[C@@H](NC(=O)OC(C)(C)C)c1ccccc1. The summed E-state index contributed by atoms with van der Waals surface area (Å²) < 4.78 is 55.3. The van der Waals surface area contributed by atoms with Crippen LogP contribution in [0.5, 0.6) is 0 Å². The second kappa shape index (κ2) is 21.7. The molecule has 20 heteroatoms. The Labute approximate surface area is 428 Å². The molecule has 0 radical (unpaired) electrons. The van der Waals surface area contributed by atoms with Crippen molar-refractivity contribution in [2.75, 3.05) is 37.8 Å². The van der Waals surface area contributed by atoms with E-state index in [4.69, 9.17) is 39.3 Å². The number of rotatable bonds is 18. The number of hydrogen-bond donors (Lipinski definition) is 3. The Morgan fingerprint density at radius 3 is 2.24 bits per heavy atom. The summed E-state index contributed by atoms with van der Waals surface area (Å²) in [6, 6.07) is 14.7. The number of ether oxygens (including phenoxy) is 8. The molecule has 1 unspecified atom stereocenters. The van der Waals surface area contributed by atoms with Crippen LogP contribution in [0, 0.1) is 22.7 Å². The molecule has 1 spiro atoms. The van der Waals surface area contributed by atoms with E-state index in [2.05, 4.69) is 10.6 Å². The smallest absolute Gasteiger partial charge is 0.455 e. The second-order valence-electron chi connectivity index (χ2n) is 20.4. The molecule has 2 aromatic carbocycles. The van der Waals surface area contributed by atoms with Crippen LogP contribution in [0.2, 0.25) is 0 Å². The molecular weight excluding hydrogens is 973 g/mol. The number of ketones is 1. The van der Waals surface area contributed by atoms with Gasteiger partial charge in [-0.1, -0.05) is 90.9 Å². The van der Waals surface area contributed by atoms with Crippen molar-refractivity contribution in [1.82, 2.24) is 10.6 Å². The largest absolute Gasteiger partial charge is 0.509 e. The molecule has 2 bridgehead atoms. The van der Waals surface area contributed by atoms with Crippen LogP contribution < -0.4 is 10.6 Å². The third-order valence-corrected chi connectivity index (χ3v) is 16.8. The lowest BCUT2D eigenvalue weighted by Crippen LogP contribution is -2.78. The third kappa shape index (κ3) is 10.9. The van der Waals surface area contributed by atoms with Crippen molar-refractivity contribution in [3.63, 3.8) is 0 Å². The monoisotopic (exact) mass is 1040 g/mol. The molecule has 3 saturated carbocycles. The van der Waals surface area contributed by atoms with Gasteiger partial charge in [0.05, 0.1) is 18.1 Å². The highest BCUT2D eigenvalue weighted by molar-refractivity contribution is 8.76. The molecule has 1 amide bonds. The Balaban J connectivity index is 1.32. The van der Waals surface area contributed by atoms with Crippen LogP contribution in [0.3, 0.4) is 0 Å². The van der Waals surface area contributed by atoms with Crippen LogP contribution in [0.4, 0.5) is 9.59 Å². The van der Waals surface area contributed by atoms with Gasteiger partial charge in [-0.25, -0.2) is 19.2 Å². The highest BCUT2D eigenvalue weighted by Gasteiger charge is 2.84. The van der Waals surface area contributed by atoms with Crippen LogP contribution in [0.15, 0.2) is 71.8 Å². The third-order valence-electron chi connectivity index (χ3n) is 14.4. The number of Topliss-reactive ketones (excluding diaryl/α,β-unsaturated/α-hetero) is 1. The molecule has 3 N–H and O–H groups in total. The van der Waals surface area contributed by atoms with Gasteiger partial charge in [-0.3, -0.25) is 14.4 Å². The molecule has 72 heavy (non-hydrogen) atoms. The first-order valence-corrected chi connectivity index (χ1v) is 26.5. The molecular formula is C52H66N2O16S2. The maximum Gasteiger partial charge on any atom is 0.509 e. The number of nitrogens with one attached hydrogen (secondary N) is 2. The summed E-state index contributed by atoms with van der Waals surface area (Å²) in [5.41, 5.74) is -7.33. The Kier molecular flexibility index (Phi) is 16.1. The predicted octanol–water partition coefficient (Wildman–Crippen LogP) is 6.62. The fourth-order valence-electron chi connectivity index (χ4n) is 11.2. The molecule has 4 fully saturated rings. The van der Waals surface area contributed by atoms with Gasteiger partial charge >= 0.3 is 36.1 Å². The van der Waals surface area contributed by atoms with Crippen molar-refractivity contribution < 1.29 is 77.9 Å². The number of alkyl carbamates (subject to hydrolysis) is 1. The van der Waals surface area contributed by atoms with E-state index in [0.29, 0.717) is 24.4 Å². The average Bonchev–Trinajstić information content (AvgIpc) is 4.05. The maximum absolute atomic E-state index is 15.7. The van der Waals surface area contributed by atoms with Crippen molar-refractivity contribution in [2.24, 2.45) is 22.7 Å². The van der Waals surface area contributed by atoms with Crippen molar-refractivity contribution >= 4 is 63.5 Å². The van der Waals surface area contributed by atoms with Crippen molar-refractivity contribution in [2.45, 2.75) is 135 Å². The zero-order chi connectivity index (χ0) is 53.1. The van der Waals surface area contributed by atoms with Gasteiger partial charge in [0.1, 0.15) is 42.2 Å². The summed E-state index contributed by atoms with van der Waals surface area (Å²) in [5, 5.41) is 19.8. The quantitative estimate of drug-likeness (QED) is 0.0467. The number of esters is 4. The summed E-state index contributed by atoms with van der Waals surface area (Å²) in [6.07, 6.45) is -9.90. The maximum atomic E-state index is 15.7. The van der Waals surface area contributed by atoms with Gasteiger partial charge in [-0.15, -0.1) is 0 Å². The average molecular weight is 1040 g/mol. The summed E-state index contributed by atoms with van der Waals surface area (Å²) in [4.78, 5) is 98.9. The lowest BCUT2D eigenvalue weighted by molar-refractivity contribution is -0.323. The molecule has 2 aromatic rings. The van der Waals surface area contributed by atoms with Crippen LogP contribution in [-0.2, 0) is 57.1 Å². The van der Waals surface area contributed by atoms with E-state index in [1.54, 1.807) is 90.1 Å². The Morgan fingerprint density at radius 1 is 0.931 bits per heavy atom. The van der Waals surface area contributed by atoms with E-state index in [1.165, 1.54) is 40.6 Å². The Hall–Kier alpha value is -5.15. The first kappa shape index (κ1) is 53.2. The summed E-state index contributed by atoms with van der Waals surface area (Å²) in [5.74, 6) is -4.81. The van der Waals surface area contributed by atoms with Gasteiger partial charge in [0.2, 0.25) is 6.10 Å². The predicted molar refractivity (Wildman–Crippen MR) is 263 cm³/mol. The molecule has 4 aliphatic carbocycles. The summed E-state index contributed by atoms with van der Waals surface area (Å²) in [6.45, 7) is 13.3. The molecule has 5 aliphatic rings. The number of fused-ring (bicyclic) bond motifs is 4. The van der Waals surface area contributed by atoms with E-state index in [-0.39, 0.29) is 49.7 Å². The van der Waals surface area contributed by atoms with Gasteiger partial charge in [-0.05, 0) is 81.8 Å². The molecule has 0 aromatic heterocycles. The first-order valence-electron chi connectivity index (χ1n) is 24.8. The van der Waals surface area contributed by atoms with Crippen molar-refractivity contribution in [3.05, 3.63) is 82.9 Å². The van der Waals surface area contributed by atoms with Gasteiger partial charge in [0, 0.05) is 50.5 Å². The molecule has 1 heterocycles. The zero-order valence-electron chi connectivity index (χ0n) is 42.9. The number of benzene rings is 2. The van der Waals surface area contributed by atoms with Crippen molar-refractivity contribution in [3.8, 4) is 0 Å². The normalized spacial score (nSPS) is 29.8. The molecule has 392 valence electrons. The number of hydrogen-bond acceptors (Lipinski definition) is 19. The molecule has 18 nitrogen and oxygen atoms in total. The highest BCUT2D eigenvalue weighted by atomic mass is 33.1. The Bertz CT molecular complexity index is 2440. The minimum Gasteiger partial charge on any atom is -0.455 e. The fraction of sp³-hybridized carbons (Fsp3) is 0.596. The zero-order valence-corrected chi connectivity index (χ0v) is 43.5. The number of carbonyl (C=O) groups excluding carboxylic acids is 7. The van der Waals surface area contributed by atoms with Crippen LogP contribution >= 0.6 is 21.6 Å². The van der Waals surface area contributed by atoms with E-state index in [0.717, 1.165) is 12.7 Å². The van der Waals surface area contributed by atoms with E-state index in [9.17, 15) is 29.1 Å².